The molecule has 5 heteroatoms. The van der Waals surface area contributed by atoms with Gasteiger partial charge in [-0.2, -0.15) is 5.26 Å². The summed E-state index contributed by atoms with van der Waals surface area (Å²) in [6, 6.07) is 13.5. The first-order valence-electron chi connectivity index (χ1n) is 7.91. The van der Waals surface area contributed by atoms with Gasteiger partial charge in [0.2, 0.25) is 0 Å². The van der Waals surface area contributed by atoms with Crippen molar-refractivity contribution in [2.24, 2.45) is 0 Å². The van der Waals surface area contributed by atoms with Crippen molar-refractivity contribution in [3.05, 3.63) is 53.1 Å². The number of amides is 1. The Balaban J connectivity index is 1.64. The van der Waals surface area contributed by atoms with Crippen molar-refractivity contribution in [2.75, 3.05) is 18.1 Å². The highest BCUT2D eigenvalue weighted by Gasteiger charge is 2.31. The molecule has 2 heterocycles. The molecule has 1 amide bonds. The van der Waals surface area contributed by atoms with Gasteiger partial charge in [-0.3, -0.25) is 4.79 Å². The normalized spacial score (nSPS) is 16.5. The molecule has 0 spiro atoms. The van der Waals surface area contributed by atoms with E-state index in [1.807, 2.05) is 37.3 Å². The molecule has 0 fully saturated rings. The lowest BCUT2D eigenvalue weighted by Crippen LogP contribution is -2.23. The monoisotopic (exact) mass is 320 g/mol. The van der Waals surface area contributed by atoms with Crippen molar-refractivity contribution in [3.8, 4) is 17.6 Å². The molecule has 2 aliphatic heterocycles. The molecule has 0 saturated heterocycles. The predicted octanol–water partition coefficient (Wildman–Crippen LogP) is 3.25. The van der Waals surface area contributed by atoms with E-state index in [2.05, 4.69) is 6.07 Å². The molecule has 24 heavy (non-hydrogen) atoms. The summed E-state index contributed by atoms with van der Waals surface area (Å²) in [5, 5.41) is 9.00. The van der Waals surface area contributed by atoms with Crippen LogP contribution in [-0.2, 0) is 6.54 Å². The zero-order valence-corrected chi connectivity index (χ0v) is 13.3. The van der Waals surface area contributed by atoms with Crippen molar-refractivity contribution in [3.63, 3.8) is 0 Å². The van der Waals surface area contributed by atoms with E-state index >= 15 is 0 Å². The summed E-state index contributed by atoms with van der Waals surface area (Å²) in [7, 11) is 0. The fraction of sp³-hybridized carbons (Fsp3) is 0.263. The third-order valence-electron chi connectivity index (χ3n) is 4.47. The SMILES string of the molecule is CC(C#N)c1ccc(N2Cc3cc4c(cc3C2=O)OCCO4)cc1. The topological polar surface area (TPSA) is 62.6 Å². The Bertz CT molecular complexity index is 852. The molecule has 0 bridgehead atoms. The molecule has 2 aliphatic rings. The molecule has 120 valence electrons. The largest absolute Gasteiger partial charge is 0.486 e. The van der Waals surface area contributed by atoms with Crippen molar-refractivity contribution in [1.29, 1.82) is 5.26 Å². The molecule has 1 unspecified atom stereocenters. The lowest BCUT2D eigenvalue weighted by Gasteiger charge is -2.18. The van der Waals surface area contributed by atoms with Gasteiger partial charge in [0.15, 0.2) is 11.5 Å². The van der Waals surface area contributed by atoms with E-state index in [1.54, 1.807) is 11.0 Å². The van der Waals surface area contributed by atoms with Gasteiger partial charge < -0.3 is 14.4 Å². The van der Waals surface area contributed by atoms with E-state index < -0.39 is 0 Å². The summed E-state index contributed by atoms with van der Waals surface area (Å²) in [5.41, 5.74) is 3.38. The van der Waals surface area contributed by atoms with Gasteiger partial charge >= 0.3 is 0 Å². The summed E-state index contributed by atoms with van der Waals surface area (Å²) in [6.07, 6.45) is 0. The summed E-state index contributed by atoms with van der Waals surface area (Å²) in [5.74, 6) is 1.14. The second kappa shape index (κ2) is 5.57. The van der Waals surface area contributed by atoms with Crippen LogP contribution < -0.4 is 14.4 Å². The number of benzene rings is 2. The van der Waals surface area contributed by atoms with Gasteiger partial charge in [-0.05, 0) is 42.3 Å². The fourth-order valence-electron chi connectivity index (χ4n) is 3.07. The van der Waals surface area contributed by atoms with Crippen LogP contribution in [0, 0.1) is 11.3 Å². The van der Waals surface area contributed by atoms with Crippen LogP contribution in [0.15, 0.2) is 36.4 Å². The van der Waals surface area contributed by atoms with E-state index in [0.717, 1.165) is 16.8 Å². The Morgan fingerprint density at radius 3 is 2.46 bits per heavy atom. The van der Waals surface area contributed by atoms with E-state index in [-0.39, 0.29) is 11.8 Å². The van der Waals surface area contributed by atoms with Gasteiger partial charge in [0.25, 0.3) is 5.91 Å². The number of carbonyl (C=O) groups excluding carboxylic acids is 1. The van der Waals surface area contributed by atoms with E-state index in [0.29, 0.717) is 36.8 Å². The van der Waals surface area contributed by atoms with Crippen molar-refractivity contribution < 1.29 is 14.3 Å². The summed E-state index contributed by atoms with van der Waals surface area (Å²) in [6.45, 7) is 3.40. The quantitative estimate of drug-likeness (QED) is 0.852. The van der Waals surface area contributed by atoms with Gasteiger partial charge in [-0.1, -0.05) is 12.1 Å². The molecule has 2 aromatic carbocycles. The summed E-state index contributed by atoms with van der Waals surface area (Å²) in [4.78, 5) is 14.5. The maximum atomic E-state index is 12.7. The number of hydrogen-bond acceptors (Lipinski definition) is 4. The Kier molecular flexibility index (Phi) is 3.39. The number of ether oxygens (including phenoxy) is 2. The number of carbonyl (C=O) groups is 1. The summed E-state index contributed by atoms with van der Waals surface area (Å²) >= 11 is 0. The maximum absolute atomic E-state index is 12.7. The number of rotatable bonds is 2. The molecule has 0 radical (unpaired) electrons. The second-order valence-electron chi connectivity index (χ2n) is 5.99. The van der Waals surface area contributed by atoms with Crippen LogP contribution in [-0.4, -0.2) is 19.1 Å². The number of anilines is 1. The Labute approximate surface area is 140 Å². The van der Waals surface area contributed by atoms with Crippen LogP contribution in [0.5, 0.6) is 11.5 Å². The molecular formula is C19H16N2O3. The van der Waals surface area contributed by atoms with Gasteiger partial charge in [-0.15, -0.1) is 0 Å². The van der Waals surface area contributed by atoms with Crippen LogP contribution in [0.25, 0.3) is 0 Å². The van der Waals surface area contributed by atoms with Crippen LogP contribution in [0.2, 0.25) is 0 Å². The molecule has 0 N–H and O–H groups in total. The van der Waals surface area contributed by atoms with Crippen molar-refractivity contribution in [2.45, 2.75) is 19.4 Å². The molecule has 0 aromatic heterocycles. The van der Waals surface area contributed by atoms with Gasteiger partial charge in [0, 0.05) is 11.3 Å². The smallest absolute Gasteiger partial charge is 0.259 e. The first kappa shape index (κ1) is 14.6. The van der Waals surface area contributed by atoms with Crippen molar-refractivity contribution in [1.82, 2.24) is 0 Å². The molecule has 5 nitrogen and oxygen atoms in total. The average Bonchev–Trinajstić information content (AvgIpc) is 2.95. The molecular weight excluding hydrogens is 304 g/mol. The number of hydrogen-bond donors (Lipinski definition) is 0. The van der Waals surface area contributed by atoms with E-state index in [9.17, 15) is 4.79 Å². The highest BCUT2D eigenvalue weighted by Crippen LogP contribution is 2.38. The first-order valence-corrected chi connectivity index (χ1v) is 7.91. The molecule has 2 aromatic rings. The Morgan fingerprint density at radius 2 is 1.79 bits per heavy atom. The molecule has 4 rings (SSSR count). The number of fused-ring (bicyclic) bond motifs is 2. The van der Waals surface area contributed by atoms with Gasteiger partial charge in [0.05, 0.1) is 18.5 Å². The maximum Gasteiger partial charge on any atom is 0.259 e. The lowest BCUT2D eigenvalue weighted by atomic mass is 10.0. The lowest BCUT2D eigenvalue weighted by molar-refractivity contribution is 0.0996. The highest BCUT2D eigenvalue weighted by atomic mass is 16.6. The van der Waals surface area contributed by atoms with Crippen molar-refractivity contribution >= 4 is 11.6 Å². The zero-order valence-electron chi connectivity index (χ0n) is 13.3. The van der Waals surface area contributed by atoms with E-state index in [4.69, 9.17) is 14.7 Å². The second-order valence-corrected chi connectivity index (χ2v) is 5.99. The zero-order chi connectivity index (χ0) is 16.7. The van der Waals surface area contributed by atoms with Crippen LogP contribution in [0.1, 0.15) is 34.3 Å². The minimum atomic E-state index is -0.161. The minimum Gasteiger partial charge on any atom is -0.486 e. The molecule has 1 atom stereocenters. The average molecular weight is 320 g/mol. The fourth-order valence-corrected chi connectivity index (χ4v) is 3.07. The summed E-state index contributed by atoms with van der Waals surface area (Å²) < 4.78 is 11.2. The standard InChI is InChI=1S/C19H16N2O3/c1-12(10-20)13-2-4-15(5-3-13)21-11-14-8-17-18(24-7-6-23-17)9-16(14)19(21)22/h2-5,8-9,12H,6-7,11H2,1H3. The minimum absolute atomic E-state index is 0.0388. The van der Waals surface area contributed by atoms with Gasteiger partial charge in [-0.25, -0.2) is 0 Å². The third kappa shape index (κ3) is 2.28. The number of nitriles is 1. The Hall–Kier alpha value is -3.00. The van der Waals surface area contributed by atoms with Crippen LogP contribution in [0.4, 0.5) is 5.69 Å². The molecule has 0 saturated carbocycles. The predicted molar refractivity (Wildman–Crippen MR) is 88.4 cm³/mol. The highest BCUT2D eigenvalue weighted by molar-refractivity contribution is 6.10. The Morgan fingerprint density at radius 1 is 1.12 bits per heavy atom. The van der Waals surface area contributed by atoms with Gasteiger partial charge in [0.1, 0.15) is 13.2 Å². The van der Waals surface area contributed by atoms with Crippen LogP contribution >= 0.6 is 0 Å². The van der Waals surface area contributed by atoms with E-state index in [1.165, 1.54) is 0 Å². The van der Waals surface area contributed by atoms with Crippen LogP contribution in [0.3, 0.4) is 0 Å². The number of nitrogens with zero attached hydrogens (tertiary/aromatic N) is 2. The third-order valence-corrected chi connectivity index (χ3v) is 4.47. The molecule has 0 aliphatic carbocycles. The first-order chi connectivity index (χ1) is 11.7.